The SMILES string of the molecule is O=S(=O)([O-])O.O=S(=O)=O.[CH2-]C1O[C@H](OC(C)C)C([NH-])[C@@H](O)[C@@H]1O.[Na+].[Na+]. The van der Waals surface area contributed by atoms with Crippen molar-refractivity contribution in [2.24, 2.45) is 0 Å². The smallest absolute Gasteiger partial charge is 0.726 e. The summed E-state index contributed by atoms with van der Waals surface area (Å²) in [6, 6.07) is -0.995. The Morgan fingerprint density at radius 3 is 1.80 bits per heavy atom. The first-order chi connectivity index (χ1) is 10.2. The predicted octanol–water partition coefficient (Wildman–Crippen LogP) is -7.88. The molecule has 16 heteroatoms. The van der Waals surface area contributed by atoms with Gasteiger partial charge in [-0.15, -0.1) is 12.6 Å². The first-order valence-corrected chi connectivity index (χ1v) is 8.19. The second-order valence-corrected chi connectivity index (χ2v) is 5.63. The van der Waals surface area contributed by atoms with Gasteiger partial charge in [0.15, 0.2) is 0 Å². The van der Waals surface area contributed by atoms with E-state index in [4.69, 9.17) is 45.4 Å². The fraction of sp³-hybridized carbons (Fsp3) is 0.889. The number of nitrogens with one attached hydrogen (secondary N) is 1. The number of hydrogen-bond acceptors (Lipinski definition) is 10. The van der Waals surface area contributed by atoms with Crippen LogP contribution in [-0.4, -0.2) is 77.1 Å². The average molecular weight is 426 g/mol. The minimum Gasteiger partial charge on any atom is -0.726 e. The van der Waals surface area contributed by atoms with Gasteiger partial charge in [0, 0.05) is 0 Å². The summed E-state index contributed by atoms with van der Waals surface area (Å²) in [5.41, 5.74) is 7.56. The third-order valence-electron chi connectivity index (χ3n) is 2.11. The van der Waals surface area contributed by atoms with Crippen molar-refractivity contribution in [3.63, 3.8) is 0 Å². The maximum Gasteiger partial charge on any atom is 1.00 e. The van der Waals surface area contributed by atoms with Crippen LogP contribution in [0.15, 0.2) is 0 Å². The van der Waals surface area contributed by atoms with Crippen molar-refractivity contribution in [2.75, 3.05) is 0 Å². The monoisotopic (exact) mass is 426 g/mol. The molecule has 0 amide bonds. The van der Waals surface area contributed by atoms with E-state index in [1.54, 1.807) is 0 Å². The molecular weight excluding hydrogens is 408 g/mol. The Bertz CT molecular complexity index is 526. The molecule has 0 aromatic heterocycles. The molecule has 0 spiro atoms. The Morgan fingerprint density at radius 1 is 1.20 bits per heavy atom. The number of hydrogen-bond donors (Lipinski definition) is 3. The second kappa shape index (κ2) is 16.3. The summed E-state index contributed by atoms with van der Waals surface area (Å²) in [5, 5.41) is 18.8. The molecule has 0 aromatic rings. The standard InChI is InChI=1S/C9H17NO4.2Na.H2O4S.O3S/c1-4(2)13-9-6(10)8(12)7(11)5(3)14-9;;;1-5(2,3)4;1-4(2)3/h4-12H,3H2,1-2H3;;;(H2,1,2,3,4);/q-2;2*+1;;/p-1/t5?,6?,7-,8-,9+;;;;/m1..../s1. The zero-order valence-corrected chi connectivity index (χ0v) is 19.7. The Kier molecular flexibility index (Phi) is 22.0. The van der Waals surface area contributed by atoms with Crippen LogP contribution in [0.2, 0.25) is 0 Å². The van der Waals surface area contributed by atoms with Gasteiger partial charge in [0.2, 0.25) is 10.4 Å². The molecule has 0 aliphatic carbocycles. The fourth-order valence-electron chi connectivity index (χ4n) is 1.32. The topological polar surface area (TPSA) is 211 Å². The number of ether oxygens (including phenoxy) is 2. The Morgan fingerprint density at radius 2 is 1.52 bits per heavy atom. The first-order valence-electron chi connectivity index (χ1n) is 5.83. The van der Waals surface area contributed by atoms with Crippen molar-refractivity contribution < 1.29 is 109 Å². The number of rotatable bonds is 2. The summed E-state index contributed by atoms with van der Waals surface area (Å²) in [6.07, 6.45) is -3.96. The van der Waals surface area contributed by atoms with Crippen molar-refractivity contribution in [2.45, 2.75) is 50.6 Å². The largest absolute Gasteiger partial charge is 1.00 e. The molecule has 25 heavy (non-hydrogen) atoms. The third kappa shape index (κ3) is 21.4. The normalized spacial score (nSPS) is 28.1. The van der Waals surface area contributed by atoms with Crippen LogP contribution in [0.25, 0.3) is 5.73 Å². The van der Waals surface area contributed by atoms with E-state index in [-0.39, 0.29) is 65.2 Å². The van der Waals surface area contributed by atoms with E-state index in [1.165, 1.54) is 0 Å². The van der Waals surface area contributed by atoms with Crippen molar-refractivity contribution in [1.29, 1.82) is 0 Å². The van der Waals surface area contributed by atoms with E-state index in [9.17, 15) is 10.2 Å². The zero-order chi connectivity index (χ0) is 19.0. The van der Waals surface area contributed by atoms with Crippen LogP contribution in [0.3, 0.4) is 0 Å². The number of aliphatic hydroxyl groups excluding tert-OH is 2. The predicted molar refractivity (Wildman–Crippen MR) is 72.4 cm³/mol. The molecule has 1 aliphatic heterocycles. The van der Waals surface area contributed by atoms with Crippen LogP contribution in [0.4, 0.5) is 0 Å². The molecule has 1 saturated heterocycles. The molecule has 2 unspecified atom stereocenters. The van der Waals surface area contributed by atoms with Crippen molar-refractivity contribution in [1.82, 2.24) is 0 Å². The number of aliphatic hydroxyl groups is 2. The van der Waals surface area contributed by atoms with Crippen LogP contribution in [0, 0.1) is 6.92 Å². The molecule has 0 saturated carbocycles. The maximum absolute atomic E-state index is 9.46. The Balaban J connectivity index is -0.000000170. The van der Waals surface area contributed by atoms with Gasteiger partial charge in [0.1, 0.15) is 6.29 Å². The molecule has 0 aromatic carbocycles. The van der Waals surface area contributed by atoms with E-state index in [0.29, 0.717) is 0 Å². The summed E-state index contributed by atoms with van der Waals surface area (Å²) in [7, 11) is -8.03. The molecule has 0 radical (unpaired) electrons. The van der Waals surface area contributed by atoms with Gasteiger partial charge in [-0.3, -0.25) is 4.55 Å². The molecule has 1 fully saturated rings. The zero-order valence-electron chi connectivity index (χ0n) is 14.1. The molecule has 140 valence electrons. The average Bonchev–Trinajstić information content (AvgIpc) is 2.30. The van der Waals surface area contributed by atoms with Gasteiger partial charge in [0.25, 0.3) is 0 Å². The minimum atomic E-state index is -4.92. The quantitative estimate of drug-likeness (QED) is 0.163. The summed E-state index contributed by atoms with van der Waals surface area (Å²) in [5.74, 6) is 0. The Hall–Kier alpha value is 1.29. The van der Waals surface area contributed by atoms with Gasteiger partial charge in [-0.25, -0.2) is 8.42 Å². The van der Waals surface area contributed by atoms with Crippen LogP contribution in [-0.2, 0) is 30.5 Å². The summed E-state index contributed by atoms with van der Waals surface area (Å²) < 4.78 is 68.6. The van der Waals surface area contributed by atoms with Gasteiger partial charge >= 0.3 is 69.7 Å². The van der Waals surface area contributed by atoms with Gasteiger partial charge in [-0.05, 0) is 20.0 Å². The second-order valence-electron chi connectivity index (χ2n) is 4.37. The minimum absolute atomic E-state index is 0. The van der Waals surface area contributed by atoms with Gasteiger partial charge in [-0.1, -0.05) is 6.04 Å². The van der Waals surface area contributed by atoms with Crippen molar-refractivity contribution in [3.05, 3.63) is 12.7 Å². The van der Waals surface area contributed by atoms with Gasteiger partial charge < -0.3 is 36.9 Å². The van der Waals surface area contributed by atoms with Crippen LogP contribution in [0.1, 0.15) is 13.8 Å². The van der Waals surface area contributed by atoms with Gasteiger partial charge in [0.05, 0.1) is 18.3 Å². The first kappa shape index (κ1) is 33.8. The van der Waals surface area contributed by atoms with Crippen LogP contribution < -0.4 is 59.1 Å². The maximum atomic E-state index is 9.46. The molecule has 1 heterocycles. The molecule has 12 nitrogen and oxygen atoms in total. The van der Waals surface area contributed by atoms with Crippen molar-refractivity contribution >= 4 is 21.0 Å². The third-order valence-corrected chi connectivity index (χ3v) is 2.11. The Labute approximate surface area is 191 Å². The van der Waals surface area contributed by atoms with E-state index < -0.39 is 51.7 Å². The van der Waals surface area contributed by atoms with E-state index in [1.807, 2.05) is 13.8 Å². The van der Waals surface area contributed by atoms with Gasteiger partial charge in [-0.2, -0.15) is 0 Å². The summed E-state index contributed by atoms with van der Waals surface area (Å²) in [6.45, 7) is 7.15. The molecule has 4 N–H and O–H groups in total. The molecule has 0 bridgehead atoms. The van der Waals surface area contributed by atoms with Crippen molar-refractivity contribution in [3.8, 4) is 0 Å². The molecular formula is C9H18NNa2O11S2-. The van der Waals surface area contributed by atoms with E-state index in [0.717, 1.165) is 0 Å². The van der Waals surface area contributed by atoms with E-state index in [2.05, 4.69) is 6.92 Å². The fourth-order valence-corrected chi connectivity index (χ4v) is 1.32. The van der Waals surface area contributed by atoms with E-state index >= 15 is 0 Å². The van der Waals surface area contributed by atoms with Crippen LogP contribution >= 0.6 is 0 Å². The molecule has 1 rings (SSSR count). The summed E-state index contributed by atoms with van der Waals surface area (Å²) in [4.78, 5) is 0. The molecule has 5 atom stereocenters. The van der Waals surface area contributed by atoms with Crippen LogP contribution in [0.5, 0.6) is 0 Å². The summed E-state index contributed by atoms with van der Waals surface area (Å²) >= 11 is 0. The molecule has 1 aliphatic rings.